The van der Waals surface area contributed by atoms with Gasteiger partial charge >= 0.3 is 0 Å². The van der Waals surface area contributed by atoms with Gasteiger partial charge in [-0.05, 0) is 17.5 Å². The first-order valence-corrected chi connectivity index (χ1v) is 6.89. The molecule has 0 radical (unpaired) electrons. The zero-order valence-corrected chi connectivity index (χ0v) is 9.78. The van der Waals surface area contributed by atoms with Gasteiger partial charge in [0.15, 0.2) is 0 Å². The lowest BCUT2D eigenvalue weighted by molar-refractivity contribution is 0.281. The number of aliphatic hydroxyl groups excluding tert-OH is 1. The van der Waals surface area contributed by atoms with E-state index in [1.165, 1.54) is 4.31 Å². The maximum absolute atomic E-state index is 11.6. The predicted octanol–water partition coefficient (Wildman–Crippen LogP) is 0.714. The predicted molar refractivity (Wildman–Crippen MR) is 61.2 cm³/mol. The Labute approximate surface area is 95.6 Å². The van der Waals surface area contributed by atoms with E-state index in [9.17, 15) is 8.42 Å². The normalized spacial score (nSPS) is 20.1. The van der Waals surface area contributed by atoms with E-state index in [1.807, 2.05) is 24.3 Å². The average molecular weight is 241 g/mol. The third-order valence-electron chi connectivity index (χ3n) is 2.74. The molecular formula is C11H15NO3S. The molecule has 0 amide bonds. The summed E-state index contributed by atoms with van der Waals surface area (Å²) in [5.41, 5.74) is 1.74. The number of sulfonamides is 1. The van der Waals surface area contributed by atoms with Crippen LogP contribution in [0.25, 0.3) is 0 Å². The van der Waals surface area contributed by atoms with Crippen LogP contribution in [0.3, 0.4) is 0 Å². The van der Waals surface area contributed by atoms with Crippen molar-refractivity contribution in [2.75, 3.05) is 12.3 Å². The minimum Gasteiger partial charge on any atom is -0.392 e. The molecule has 1 aliphatic heterocycles. The molecule has 0 spiro atoms. The van der Waals surface area contributed by atoms with Crippen molar-refractivity contribution in [2.24, 2.45) is 0 Å². The first-order chi connectivity index (χ1) is 7.62. The molecule has 0 aromatic heterocycles. The number of rotatable bonds is 3. The van der Waals surface area contributed by atoms with Crippen LogP contribution < -0.4 is 0 Å². The molecule has 0 atom stereocenters. The van der Waals surface area contributed by atoms with E-state index in [-0.39, 0.29) is 12.4 Å². The van der Waals surface area contributed by atoms with Crippen LogP contribution in [0.5, 0.6) is 0 Å². The summed E-state index contributed by atoms with van der Waals surface area (Å²) in [6.07, 6.45) is 0.710. The van der Waals surface area contributed by atoms with Gasteiger partial charge in [-0.2, -0.15) is 4.31 Å². The van der Waals surface area contributed by atoms with Crippen LogP contribution >= 0.6 is 0 Å². The monoisotopic (exact) mass is 241 g/mol. The van der Waals surface area contributed by atoms with Gasteiger partial charge < -0.3 is 5.11 Å². The minimum absolute atomic E-state index is 0.0133. The van der Waals surface area contributed by atoms with Crippen LogP contribution in [0, 0.1) is 0 Å². The minimum atomic E-state index is -3.03. The second kappa shape index (κ2) is 4.53. The summed E-state index contributed by atoms with van der Waals surface area (Å²) < 4.78 is 24.7. The SMILES string of the molecule is O=S1(=O)CCCN1Cc1cccc(CO)c1. The fraction of sp³-hybridized carbons (Fsp3) is 0.455. The Morgan fingerprint density at radius 1 is 1.31 bits per heavy atom. The Kier molecular flexibility index (Phi) is 3.28. The standard InChI is InChI=1S/C11H15NO3S/c13-9-11-4-1-3-10(7-11)8-12-5-2-6-16(12,14)15/h1,3-4,7,13H,2,5-6,8-9H2. The molecule has 1 aromatic rings. The van der Waals surface area contributed by atoms with Crippen molar-refractivity contribution in [1.29, 1.82) is 0 Å². The topological polar surface area (TPSA) is 57.6 Å². The maximum Gasteiger partial charge on any atom is 0.214 e. The molecular weight excluding hydrogens is 226 g/mol. The summed E-state index contributed by atoms with van der Waals surface area (Å²) in [5.74, 6) is 0.257. The highest BCUT2D eigenvalue weighted by Crippen LogP contribution is 2.17. The maximum atomic E-state index is 11.6. The van der Waals surface area contributed by atoms with Gasteiger partial charge in [0.1, 0.15) is 0 Å². The van der Waals surface area contributed by atoms with Crippen LogP contribution in [0.15, 0.2) is 24.3 Å². The van der Waals surface area contributed by atoms with Crippen LogP contribution in [0.4, 0.5) is 0 Å². The second-order valence-electron chi connectivity index (χ2n) is 3.98. The Morgan fingerprint density at radius 2 is 2.06 bits per heavy atom. The van der Waals surface area contributed by atoms with Gasteiger partial charge in [0.05, 0.1) is 12.4 Å². The quantitative estimate of drug-likeness (QED) is 0.848. The molecule has 1 fully saturated rings. The number of benzene rings is 1. The number of hydrogen-bond acceptors (Lipinski definition) is 3. The number of aliphatic hydroxyl groups is 1. The third kappa shape index (κ3) is 2.42. The molecule has 0 saturated carbocycles. The van der Waals surface area contributed by atoms with Gasteiger partial charge in [0.25, 0.3) is 0 Å². The smallest absolute Gasteiger partial charge is 0.214 e. The van der Waals surface area contributed by atoms with Crippen molar-refractivity contribution in [3.8, 4) is 0 Å². The zero-order chi connectivity index (χ0) is 11.6. The zero-order valence-electron chi connectivity index (χ0n) is 8.96. The van der Waals surface area contributed by atoms with E-state index in [2.05, 4.69) is 0 Å². The summed E-state index contributed by atoms with van der Waals surface area (Å²) in [7, 11) is -3.03. The van der Waals surface area contributed by atoms with E-state index in [0.29, 0.717) is 19.5 Å². The summed E-state index contributed by atoms with van der Waals surface area (Å²) >= 11 is 0. The van der Waals surface area contributed by atoms with Crippen molar-refractivity contribution in [1.82, 2.24) is 4.31 Å². The fourth-order valence-corrected chi connectivity index (χ4v) is 3.40. The molecule has 5 heteroatoms. The molecule has 1 aliphatic rings. The molecule has 1 aromatic carbocycles. The molecule has 88 valence electrons. The van der Waals surface area contributed by atoms with Gasteiger partial charge in [-0.3, -0.25) is 0 Å². The second-order valence-corrected chi connectivity index (χ2v) is 6.07. The highest BCUT2D eigenvalue weighted by molar-refractivity contribution is 7.89. The molecule has 1 N–H and O–H groups in total. The number of hydrogen-bond donors (Lipinski definition) is 1. The molecule has 0 aliphatic carbocycles. The van der Waals surface area contributed by atoms with Crippen LogP contribution in [-0.2, 0) is 23.2 Å². The molecule has 0 unspecified atom stereocenters. The number of nitrogens with zero attached hydrogens (tertiary/aromatic N) is 1. The average Bonchev–Trinajstić information content (AvgIpc) is 2.59. The molecule has 16 heavy (non-hydrogen) atoms. The molecule has 1 saturated heterocycles. The van der Waals surface area contributed by atoms with Crippen molar-refractivity contribution < 1.29 is 13.5 Å². The van der Waals surface area contributed by atoms with Gasteiger partial charge in [0, 0.05) is 13.1 Å². The van der Waals surface area contributed by atoms with E-state index in [0.717, 1.165) is 11.1 Å². The van der Waals surface area contributed by atoms with E-state index >= 15 is 0 Å². The first kappa shape index (κ1) is 11.6. The van der Waals surface area contributed by atoms with Gasteiger partial charge in [-0.15, -0.1) is 0 Å². The lowest BCUT2D eigenvalue weighted by atomic mass is 10.1. The highest BCUT2D eigenvalue weighted by atomic mass is 32.2. The first-order valence-electron chi connectivity index (χ1n) is 5.28. The van der Waals surface area contributed by atoms with Crippen LogP contribution in [0.1, 0.15) is 17.5 Å². The van der Waals surface area contributed by atoms with Gasteiger partial charge in [-0.1, -0.05) is 24.3 Å². The van der Waals surface area contributed by atoms with Crippen molar-refractivity contribution in [3.63, 3.8) is 0 Å². The molecule has 4 nitrogen and oxygen atoms in total. The van der Waals surface area contributed by atoms with Gasteiger partial charge in [-0.25, -0.2) is 8.42 Å². The molecule has 2 rings (SSSR count). The highest BCUT2D eigenvalue weighted by Gasteiger charge is 2.27. The lowest BCUT2D eigenvalue weighted by Gasteiger charge is -2.14. The Balaban J connectivity index is 2.15. The molecule has 0 bridgehead atoms. The lowest BCUT2D eigenvalue weighted by Crippen LogP contribution is -2.25. The fourth-order valence-electron chi connectivity index (χ4n) is 1.90. The van der Waals surface area contributed by atoms with Crippen molar-refractivity contribution in [2.45, 2.75) is 19.6 Å². The largest absolute Gasteiger partial charge is 0.392 e. The van der Waals surface area contributed by atoms with E-state index in [1.54, 1.807) is 0 Å². The van der Waals surface area contributed by atoms with Crippen molar-refractivity contribution >= 4 is 10.0 Å². The Morgan fingerprint density at radius 3 is 2.69 bits per heavy atom. The summed E-state index contributed by atoms with van der Waals surface area (Å²) in [5, 5.41) is 8.99. The summed E-state index contributed by atoms with van der Waals surface area (Å²) in [6, 6.07) is 7.38. The third-order valence-corrected chi connectivity index (χ3v) is 4.64. The Hall–Kier alpha value is -0.910. The summed E-state index contributed by atoms with van der Waals surface area (Å²) in [6.45, 7) is 1.00. The molecule has 1 heterocycles. The van der Waals surface area contributed by atoms with Crippen molar-refractivity contribution in [3.05, 3.63) is 35.4 Å². The summed E-state index contributed by atoms with van der Waals surface area (Å²) in [4.78, 5) is 0. The van der Waals surface area contributed by atoms with E-state index < -0.39 is 10.0 Å². The van der Waals surface area contributed by atoms with Crippen LogP contribution in [-0.4, -0.2) is 30.1 Å². The van der Waals surface area contributed by atoms with E-state index in [4.69, 9.17) is 5.11 Å². The van der Waals surface area contributed by atoms with Gasteiger partial charge in [0.2, 0.25) is 10.0 Å². The Bertz CT molecular complexity index is 470. The van der Waals surface area contributed by atoms with Crippen LogP contribution in [0.2, 0.25) is 0 Å².